The van der Waals surface area contributed by atoms with E-state index in [0.717, 1.165) is 22.6 Å². The SMILES string of the molecule is CCOC(=O)c1cccc(-n2c(C)cc(/C=C3\SC(=Nc4ccc(C(=O)O)cc4)N(C)C3=O)c2C)c1. The highest BCUT2D eigenvalue weighted by molar-refractivity contribution is 8.18. The third kappa shape index (κ3) is 4.96. The van der Waals surface area contributed by atoms with Crippen LogP contribution in [0.15, 0.2) is 64.5 Å². The minimum atomic E-state index is -1.01. The number of amidine groups is 1. The Balaban J connectivity index is 1.63. The fourth-order valence-electron chi connectivity index (χ4n) is 3.90. The van der Waals surface area contributed by atoms with Crippen molar-refractivity contribution in [3.63, 3.8) is 0 Å². The average Bonchev–Trinajstić information content (AvgIpc) is 3.28. The highest BCUT2D eigenvalue weighted by Crippen LogP contribution is 2.34. The van der Waals surface area contributed by atoms with Crippen LogP contribution < -0.4 is 0 Å². The zero-order chi connectivity index (χ0) is 26.0. The van der Waals surface area contributed by atoms with Crippen molar-refractivity contribution < 1.29 is 24.2 Å². The van der Waals surface area contributed by atoms with E-state index in [4.69, 9.17) is 9.84 Å². The van der Waals surface area contributed by atoms with Crippen molar-refractivity contribution in [1.29, 1.82) is 0 Å². The molecule has 4 rings (SSSR count). The van der Waals surface area contributed by atoms with Gasteiger partial charge in [-0.1, -0.05) is 6.07 Å². The molecule has 1 N–H and O–H groups in total. The number of nitrogens with zero attached hydrogens (tertiary/aromatic N) is 3. The molecule has 1 aliphatic heterocycles. The Morgan fingerprint density at radius 3 is 2.47 bits per heavy atom. The van der Waals surface area contributed by atoms with Gasteiger partial charge in [-0.25, -0.2) is 14.6 Å². The molecule has 2 heterocycles. The van der Waals surface area contributed by atoms with Crippen molar-refractivity contribution >= 4 is 46.5 Å². The van der Waals surface area contributed by atoms with E-state index >= 15 is 0 Å². The fourth-order valence-corrected chi connectivity index (χ4v) is 4.88. The summed E-state index contributed by atoms with van der Waals surface area (Å²) in [5, 5.41) is 9.57. The maximum atomic E-state index is 12.9. The van der Waals surface area contributed by atoms with E-state index in [9.17, 15) is 14.4 Å². The summed E-state index contributed by atoms with van der Waals surface area (Å²) in [6, 6.07) is 15.4. The normalized spacial score (nSPS) is 15.7. The Labute approximate surface area is 212 Å². The number of thioether (sulfide) groups is 1. The summed E-state index contributed by atoms with van der Waals surface area (Å²) in [5.74, 6) is -1.55. The average molecular weight is 504 g/mol. The summed E-state index contributed by atoms with van der Waals surface area (Å²) < 4.78 is 7.15. The summed E-state index contributed by atoms with van der Waals surface area (Å²) >= 11 is 1.26. The molecule has 1 fully saturated rings. The van der Waals surface area contributed by atoms with Gasteiger partial charge >= 0.3 is 11.9 Å². The van der Waals surface area contributed by atoms with Gasteiger partial charge in [-0.15, -0.1) is 0 Å². The lowest BCUT2D eigenvalue weighted by Crippen LogP contribution is -2.23. The number of aryl methyl sites for hydroxylation is 1. The monoisotopic (exact) mass is 503 g/mol. The van der Waals surface area contributed by atoms with E-state index in [2.05, 4.69) is 4.99 Å². The summed E-state index contributed by atoms with van der Waals surface area (Å²) in [5.41, 5.74) is 4.79. The third-order valence-corrected chi connectivity index (χ3v) is 6.78. The standard InChI is InChI=1S/C27H25N3O5S/c1-5-35-26(34)19-7-6-8-22(14-19)30-16(2)13-20(17(30)3)15-23-24(31)29(4)27(36-23)28-21-11-9-18(10-12-21)25(32)33/h6-15H,5H2,1-4H3,(H,32,33)/b23-15-,28-27?. The Bertz CT molecular complexity index is 1420. The smallest absolute Gasteiger partial charge is 0.338 e. The van der Waals surface area contributed by atoms with E-state index in [-0.39, 0.29) is 17.4 Å². The molecule has 0 radical (unpaired) electrons. The van der Waals surface area contributed by atoms with E-state index in [1.165, 1.54) is 28.8 Å². The fraction of sp³-hybridized carbons (Fsp3) is 0.185. The number of ether oxygens (including phenoxy) is 1. The van der Waals surface area contributed by atoms with Crippen molar-refractivity contribution in [3.05, 3.63) is 87.6 Å². The molecule has 36 heavy (non-hydrogen) atoms. The van der Waals surface area contributed by atoms with Crippen LogP contribution in [0.5, 0.6) is 0 Å². The van der Waals surface area contributed by atoms with Crippen LogP contribution in [-0.4, -0.2) is 51.2 Å². The molecule has 0 atom stereocenters. The highest BCUT2D eigenvalue weighted by atomic mass is 32.2. The lowest BCUT2D eigenvalue weighted by Gasteiger charge is -2.11. The zero-order valence-corrected chi connectivity index (χ0v) is 21.1. The van der Waals surface area contributed by atoms with Crippen LogP contribution >= 0.6 is 11.8 Å². The Kier molecular flexibility index (Phi) is 7.12. The van der Waals surface area contributed by atoms with E-state index in [1.54, 1.807) is 38.2 Å². The van der Waals surface area contributed by atoms with Gasteiger partial charge in [0.15, 0.2) is 5.17 Å². The molecule has 0 bridgehead atoms. The Hall–Kier alpha value is -4.11. The first kappa shape index (κ1) is 25.0. The number of benzene rings is 2. The first-order valence-electron chi connectivity index (χ1n) is 11.3. The van der Waals surface area contributed by atoms with Crippen molar-refractivity contribution in [2.24, 2.45) is 4.99 Å². The van der Waals surface area contributed by atoms with Gasteiger partial charge in [0.1, 0.15) is 0 Å². The number of esters is 1. The molecular weight excluding hydrogens is 478 g/mol. The summed E-state index contributed by atoms with van der Waals surface area (Å²) in [6.45, 7) is 6.01. The first-order chi connectivity index (χ1) is 17.2. The molecule has 0 aliphatic carbocycles. The number of carboxylic acid groups (broad SMARTS) is 1. The van der Waals surface area contributed by atoms with Crippen molar-refractivity contribution in [3.8, 4) is 5.69 Å². The largest absolute Gasteiger partial charge is 0.478 e. The number of aromatic nitrogens is 1. The second kappa shape index (κ2) is 10.2. The summed E-state index contributed by atoms with van der Waals surface area (Å²) in [6.07, 6.45) is 1.84. The molecule has 0 unspecified atom stereocenters. The lowest BCUT2D eigenvalue weighted by atomic mass is 10.2. The summed E-state index contributed by atoms with van der Waals surface area (Å²) in [4.78, 5) is 42.7. The maximum absolute atomic E-state index is 12.9. The van der Waals surface area contributed by atoms with Crippen LogP contribution in [0, 0.1) is 13.8 Å². The van der Waals surface area contributed by atoms with Crippen LogP contribution in [0.4, 0.5) is 5.69 Å². The number of hydrogen-bond acceptors (Lipinski definition) is 6. The van der Waals surface area contributed by atoms with Crippen molar-refractivity contribution in [1.82, 2.24) is 9.47 Å². The molecular formula is C27H25N3O5S. The van der Waals surface area contributed by atoms with Gasteiger partial charge in [-0.05, 0) is 92.7 Å². The molecule has 1 saturated heterocycles. The van der Waals surface area contributed by atoms with Gasteiger partial charge < -0.3 is 14.4 Å². The minimum absolute atomic E-state index is 0.171. The second-order valence-corrected chi connectivity index (χ2v) is 9.16. The lowest BCUT2D eigenvalue weighted by molar-refractivity contribution is -0.121. The molecule has 184 valence electrons. The number of rotatable bonds is 6. The highest BCUT2D eigenvalue weighted by Gasteiger charge is 2.30. The molecule has 1 aromatic heterocycles. The predicted octanol–water partition coefficient (Wildman–Crippen LogP) is 5.20. The second-order valence-electron chi connectivity index (χ2n) is 8.15. The zero-order valence-electron chi connectivity index (χ0n) is 20.3. The third-order valence-electron chi connectivity index (χ3n) is 5.71. The topological polar surface area (TPSA) is 101 Å². The number of carboxylic acids is 1. The van der Waals surface area contributed by atoms with Crippen LogP contribution in [0.2, 0.25) is 0 Å². The molecule has 1 amide bonds. The van der Waals surface area contributed by atoms with Crippen LogP contribution in [0.25, 0.3) is 11.8 Å². The van der Waals surface area contributed by atoms with E-state index < -0.39 is 5.97 Å². The Morgan fingerprint density at radius 2 is 1.81 bits per heavy atom. The molecule has 1 aliphatic rings. The molecule has 0 saturated carbocycles. The molecule has 0 spiro atoms. The maximum Gasteiger partial charge on any atom is 0.338 e. The Morgan fingerprint density at radius 1 is 1.08 bits per heavy atom. The number of hydrogen-bond donors (Lipinski definition) is 1. The molecule has 8 nitrogen and oxygen atoms in total. The van der Waals surface area contributed by atoms with E-state index in [1.807, 2.05) is 42.7 Å². The van der Waals surface area contributed by atoms with Crippen molar-refractivity contribution in [2.45, 2.75) is 20.8 Å². The predicted molar refractivity (Wildman–Crippen MR) is 140 cm³/mol. The quantitative estimate of drug-likeness (QED) is 0.366. The van der Waals surface area contributed by atoms with E-state index in [0.29, 0.717) is 27.9 Å². The van der Waals surface area contributed by atoms with Crippen LogP contribution in [0.3, 0.4) is 0 Å². The number of carbonyl (C=O) groups excluding carboxylic acids is 2. The molecule has 9 heteroatoms. The van der Waals surface area contributed by atoms with Gasteiger partial charge in [0.2, 0.25) is 0 Å². The number of aromatic carboxylic acids is 1. The van der Waals surface area contributed by atoms with Crippen LogP contribution in [-0.2, 0) is 9.53 Å². The van der Waals surface area contributed by atoms with Gasteiger partial charge in [0.05, 0.1) is 28.3 Å². The number of carbonyl (C=O) groups is 3. The molecule has 3 aromatic rings. The van der Waals surface area contributed by atoms with Crippen LogP contribution in [0.1, 0.15) is 44.6 Å². The van der Waals surface area contributed by atoms with Gasteiger partial charge in [0.25, 0.3) is 5.91 Å². The van der Waals surface area contributed by atoms with Crippen molar-refractivity contribution in [2.75, 3.05) is 13.7 Å². The first-order valence-corrected chi connectivity index (χ1v) is 12.1. The number of likely N-dealkylation sites (N-methyl/N-ethyl adjacent to an activating group) is 1. The molecule has 2 aromatic carbocycles. The van der Waals surface area contributed by atoms with Gasteiger partial charge in [-0.3, -0.25) is 9.69 Å². The minimum Gasteiger partial charge on any atom is -0.478 e. The number of aliphatic imine (C=N–C) groups is 1. The summed E-state index contributed by atoms with van der Waals surface area (Å²) in [7, 11) is 1.66. The van der Waals surface area contributed by atoms with Gasteiger partial charge in [-0.2, -0.15) is 0 Å². The number of amides is 1. The van der Waals surface area contributed by atoms with Gasteiger partial charge in [0, 0.05) is 24.1 Å².